The predicted molar refractivity (Wildman–Crippen MR) is 232 cm³/mol. The summed E-state index contributed by atoms with van der Waals surface area (Å²) in [4.78, 5) is 35.0. The van der Waals surface area contributed by atoms with Gasteiger partial charge in [-0.15, -0.1) is 30.7 Å². The number of nitrogens with zero attached hydrogens (tertiary/aromatic N) is 7. The molecule has 0 saturated heterocycles. The van der Waals surface area contributed by atoms with Crippen molar-refractivity contribution >= 4 is 87.2 Å². The summed E-state index contributed by atoms with van der Waals surface area (Å²) in [5, 5.41) is 74.7. The van der Waals surface area contributed by atoms with Crippen LogP contribution in [-0.2, 0) is 30.4 Å². The lowest BCUT2D eigenvalue weighted by atomic mass is 10.1. The Morgan fingerprint density at radius 1 is 0.638 bits per heavy atom. The van der Waals surface area contributed by atoms with E-state index in [4.69, 9.17) is 14.2 Å². The summed E-state index contributed by atoms with van der Waals surface area (Å²) < 4.78 is 119. The van der Waals surface area contributed by atoms with Crippen molar-refractivity contribution in [1.29, 1.82) is 0 Å². The lowest BCUT2D eigenvalue weighted by Crippen LogP contribution is -2.14. The van der Waals surface area contributed by atoms with Gasteiger partial charge in [0, 0.05) is 23.6 Å². The van der Waals surface area contributed by atoms with Crippen molar-refractivity contribution in [3.63, 3.8) is 0 Å². The van der Waals surface area contributed by atoms with Gasteiger partial charge in [-0.2, -0.15) is 25.3 Å². The molecule has 1 aromatic heterocycles. The maximum absolute atomic E-state index is 13.6. The van der Waals surface area contributed by atoms with Gasteiger partial charge >= 0.3 is 11.9 Å². The molecule has 9 N–H and O–H groups in total. The molecule has 0 bridgehead atoms. The number of ether oxygens (including phenoxy) is 3. The first kappa shape index (κ1) is 50.4. The van der Waals surface area contributed by atoms with Crippen LogP contribution in [0, 0.1) is 0 Å². The Morgan fingerprint density at radius 2 is 1.20 bits per heavy atom. The topological polar surface area (TPSA) is 438 Å². The summed E-state index contributed by atoms with van der Waals surface area (Å²) in [5.41, 5.74) is -6.33. The number of aromatic hydroxyl groups is 1. The number of carboxylic acids is 2. The van der Waals surface area contributed by atoms with E-state index in [9.17, 15) is 78.8 Å². The molecule has 6 aromatic rings. The molecule has 0 unspecified atom stereocenters. The first-order chi connectivity index (χ1) is 32.5. The number of H-pyrrole nitrogens is 1. The highest BCUT2D eigenvalue weighted by molar-refractivity contribution is 7.86. The SMILES string of the molecule is COc1ccc(N=Nc2cc(OCCO)c(N=Nc3c(S(=O)(=O)O)cc4cc(-n5[nH]c(C(=O)O)c(N=Nc6ccc(S(=O)(=O)O)cc6C(=O)O)c5=O)ccc4c3O)cc2OCCO)c(S(=O)(=O)O)c1. The smallest absolute Gasteiger partial charge is 0.356 e. The summed E-state index contributed by atoms with van der Waals surface area (Å²) in [7, 11) is -13.8. The van der Waals surface area contributed by atoms with E-state index in [0.29, 0.717) is 10.7 Å². The maximum Gasteiger partial charge on any atom is 0.356 e. The number of azo groups is 3. The summed E-state index contributed by atoms with van der Waals surface area (Å²) >= 11 is 0. The molecule has 31 heteroatoms. The van der Waals surface area contributed by atoms with Gasteiger partial charge in [-0.25, -0.2) is 14.3 Å². The quantitative estimate of drug-likeness (QED) is 0.0374. The summed E-state index contributed by atoms with van der Waals surface area (Å²) in [5.74, 6) is -4.84. The van der Waals surface area contributed by atoms with Crippen LogP contribution in [0.25, 0.3) is 16.5 Å². The van der Waals surface area contributed by atoms with Crippen LogP contribution >= 0.6 is 0 Å². The van der Waals surface area contributed by atoms with Gasteiger partial charge in [0.15, 0.2) is 17.1 Å². The van der Waals surface area contributed by atoms with E-state index in [1.54, 1.807) is 0 Å². The van der Waals surface area contributed by atoms with Gasteiger partial charge in [-0.3, -0.25) is 23.6 Å². The van der Waals surface area contributed by atoms with Crippen molar-refractivity contribution in [2.24, 2.45) is 30.7 Å². The lowest BCUT2D eigenvalue weighted by molar-refractivity contribution is 0.0682. The molecule has 28 nitrogen and oxygen atoms in total. The third-order valence-electron chi connectivity index (χ3n) is 9.11. The largest absolute Gasteiger partial charge is 0.505 e. The predicted octanol–water partition coefficient (Wildman–Crippen LogP) is 5.16. The van der Waals surface area contributed by atoms with Gasteiger partial charge < -0.3 is 39.7 Å². The van der Waals surface area contributed by atoms with Crippen LogP contribution in [0.2, 0.25) is 0 Å². The van der Waals surface area contributed by atoms with Crippen molar-refractivity contribution in [3.8, 4) is 28.7 Å². The van der Waals surface area contributed by atoms with Crippen LogP contribution < -0.4 is 19.8 Å². The zero-order valence-corrected chi connectivity index (χ0v) is 37.0. The first-order valence-corrected chi connectivity index (χ1v) is 23.1. The van der Waals surface area contributed by atoms with E-state index in [1.165, 1.54) is 19.2 Å². The maximum atomic E-state index is 13.6. The molecule has 0 aliphatic carbocycles. The van der Waals surface area contributed by atoms with E-state index >= 15 is 0 Å². The normalized spacial score (nSPS) is 12.4. The molecule has 362 valence electrons. The van der Waals surface area contributed by atoms with Gasteiger partial charge in [-0.1, -0.05) is 0 Å². The molecule has 0 radical (unpaired) electrons. The van der Waals surface area contributed by atoms with Gasteiger partial charge in [0.1, 0.15) is 68.7 Å². The Kier molecular flexibility index (Phi) is 14.6. The second-order valence-electron chi connectivity index (χ2n) is 13.5. The molecule has 0 amide bonds. The number of aliphatic hydroxyl groups excluding tert-OH is 2. The molecule has 0 fully saturated rings. The van der Waals surface area contributed by atoms with E-state index in [0.717, 1.165) is 54.6 Å². The number of carboxylic acid groups (broad SMARTS) is 2. The minimum atomic E-state index is -5.31. The Morgan fingerprint density at radius 3 is 1.75 bits per heavy atom. The number of aromatic nitrogens is 2. The van der Waals surface area contributed by atoms with Gasteiger partial charge in [0.2, 0.25) is 0 Å². The third-order valence-corrected chi connectivity index (χ3v) is 11.7. The van der Waals surface area contributed by atoms with Crippen LogP contribution in [0.15, 0.2) is 123 Å². The minimum Gasteiger partial charge on any atom is -0.505 e. The van der Waals surface area contributed by atoms with Crippen LogP contribution in [0.5, 0.6) is 23.0 Å². The highest BCUT2D eigenvalue weighted by atomic mass is 32.2. The Balaban J connectivity index is 1.44. The molecule has 5 aromatic carbocycles. The Labute approximate surface area is 386 Å². The van der Waals surface area contributed by atoms with Crippen LogP contribution in [0.4, 0.5) is 34.1 Å². The number of aliphatic hydroxyl groups is 2. The molecule has 6 rings (SSSR count). The number of hydrogen-bond donors (Lipinski definition) is 9. The van der Waals surface area contributed by atoms with Crippen molar-refractivity contribution in [1.82, 2.24) is 9.78 Å². The fraction of sp³-hybridized carbons (Fsp3) is 0.132. The van der Waals surface area contributed by atoms with Gasteiger partial charge in [-0.05, 0) is 60.0 Å². The number of carbonyl (C=O) groups is 2. The molecular formula is C38H32N8O20S3. The zero-order valence-electron chi connectivity index (χ0n) is 34.6. The first-order valence-electron chi connectivity index (χ1n) is 18.7. The number of rotatable bonds is 19. The fourth-order valence-corrected chi connectivity index (χ4v) is 7.82. The number of hydrogen-bond acceptors (Lipinski definition) is 21. The monoisotopic (exact) mass is 1020 g/mol. The Bertz CT molecular complexity index is 3550. The van der Waals surface area contributed by atoms with E-state index in [-0.39, 0.29) is 64.0 Å². The van der Waals surface area contributed by atoms with Gasteiger partial charge in [0.25, 0.3) is 35.9 Å². The van der Waals surface area contributed by atoms with Crippen LogP contribution in [0.1, 0.15) is 20.8 Å². The Hall–Kier alpha value is -8.04. The molecule has 0 atom stereocenters. The van der Waals surface area contributed by atoms with E-state index in [1.807, 2.05) is 0 Å². The molecule has 69 heavy (non-hydrogen) atoms. The lowest BCUT2D eigenvalue weighted by Gasteiger charge is -2.13. The average Bonchev–Trinajstić information content (AvgIpc) is 3.63. The van der Waals surface area contributed by atoms with Crippen molar-refractivity contribution in [3.05, 3.63) is 94.4 Å². The fourth-order valence-electron chi connectivity index (χ4n) is 6.02. The average molecular weight is 1020 g/mol. The number of phenols is 1. The van der Waals surface area contributed by atoms with Gasteiger partial charge in [0.05, 0.1) is 36.5 Å². The zero-order chi connectivity index (χ0) is 50.6. The molecule has 0 aliphatic heterocycles. The summed E-state index contributed by atoms with van der Waals surface area (Å²) in [6, 6.07) is 11.9. The third kappa shape index (κ3) is 11.2. The van der Waals surface area contributed by atoms with Crippen molar-refractivity contribution in [2.45, 2.75) is 14.7 Å². The molecule has 1 heterocycles. The summed E-state index contributed by atoms with van der Waals surface area (Å²) in [6.07, 6.45) is 0. The van der Waals surface area contributed by atoms with E-state index in [2.05, 4.69) is 35.8 Å². The van der Waals surface area contributed by atoms with Crippen molar-refractivity contribution in [2.75, 3.05) is 33.5 Å². The number of phenolic OH excluding ortho intramolecular Hbond substituents is 1. The van der Waals surface area contributed by atoms with Crippen LogP contribution in [0.3, 0.4) is 0 Å². The molecule has 0 spiro atoms. The minimum absolute atomic E-state index is 0.0535. The number of aromatic amines is 1. The van der Waals surface area contributed by atoms with Crippen LogP contribution in [-0.4, -0.2) is 120 Å². The standard InChI is InChI=1S/C38H32N8O20S3/c1-64-20-3-6-25(30(14-20)68(58,59)60)40-41-26-16-29(66-11-9-48)27(17-28(26)65-10-8-47)42-43-32-31(69(61,62)63)13-18-12-19(2-5-22(18)35(32)49)46-36(50)33(34(45-46)38(53)54)44-39-24-7-4-21(67(55,56)57)15-23(24)37(51)52/h2-7,12-17,45,47-49H,8-11H2,1H3,(H,51,52)(H,53,54)(H,55,56,57)(H,58,59,60)(H,61,62,63). The highest BCUT2D eigenvalue weighted by Gasteiger charge is 2.26. The highest BCUT2D eigenvalue weighted by Crippen LogP contribution is 2.45. The summed E-state index contributed by atoms with van der Waals surface area (Å²) in [6.45, 7) is -1.84. The number of fused-ring (bicyclic) bond motifs is 1. The number of aromatic carboxylic acids is 2. The second kappa shape index (κ2) is 20.1. The van der Waals surface area contributed by atoms with E-state index < -0.39 is 110 Å². The molecule has 0 aliphatic rings. The number of benzene rings is 5. The molecular weight excluding hydrogens is 985 g/mol. The molecule has 0 saturated carbocycles. The number of nitrogens with one attached hydrogen (secondary N) is 1. The van der Waals surface area contributed by atoms with Crippen molar-refractivity contribution < 1.29 is 88.2 Å². The number of methoxy groups -OCH3 is 1. The second-order valence-corrected chi connectivity index (χ2v) is 17.7.